The lowest BCUT2D eigenvalue weighted by Crippen LogP contribution is -2.42. The van der Waals surface area contributed by atoms with Crippen LogP contribution in [0.3, 0.4) is 0 Å². The third-order valence-corrected chi connectivity index (χ3v) is 3.71. The average molecular weight is 300 g/mol. The SMILES string of the molecule is Cc1cc(Br)ccc1NCC1(O)CCOCC1. The van der Waals surface area contributed by atoms with Gasteiger partial charge in [-0.25, -0.2) is 0 Å². The molecule has 1 saturated heterocycles. The summed E-state index contributed by atoms with van der Waals surface area (Å²) in [6.07, 6.45) is 1.41. The molecule has 1 aliphatic heterocycles. The van der Waals surface area contributed by atoms with E-state index in [1.165, 1.54) is 5.56 Å². The Morgan fingerprint density at radius 2 is 2.12 bits per heavy atom. The molecule has 4 heteroatoms. The molecule has 0 radical (unpaired) electrons. The van der Waals surface area contributed by atoms with Crippen LogP contribution in [0.5, 0.6) is 0 Å². The zero-order valence-corrected chi connectivity index (χ0v) is 11.6. The van der Waals surface area contributed by atoms with Crippen molar-refractivity contribution in [2.45, 2.75) is 25.4 Å². The van der Waals surface area contributed by atoms with E-state index in [4.69, 9.17) is 4.74 Å². The smallest absolute Gasteiger partial charge is 0.0863 e. The summed E-state index contributed by atoms with van der Waals surface area (Å²) in [6, 6.07) is 6.10. The van der Waals surface area contributed by atoms with Crippen LogP contribution in [0.4, 0.5) is 5.69 Å². The van der Waals surface area contributed by atoms with E-state index in [1.807, 2.05) is 12.1 Å². The molecule has 3 nitrogen and oxygen atoms in total. The first-order valence-corrected chi connectivity index (χ1v) is 6.69. The lowest BCUT2D eigenvalue weighted by Gasteiger charge is -2.32. The van der Waals surface area contributed by atoms with Crippen LogP contribution in [0.1, 0.15) is 18.4 Å². The number of aryl methyl sites for hydroxylation is 1. The molecular weight excluding hydrogens is 282 g/mol. The molecule has 0 aliphatic carbocycles. The fraction of sp³-hybridized carbons (Fsp3) is 0.538. The highest BCUT2D eigenvalue weighted by Crippen LogP contribution is 2.24. The predicted molar refractivity (Wildman–Crippen MR) is 72.4 cm³/mol. The third-order valence-electron chi connectivity index (χ3n) is 3.22. The van der Waals surface area contributed by atoms with Gasteiger partial charge in [-0.05, 0) is 30.7 Å². The van der Waals surface area contributed by atoms with Crippen LogP contribution in [0.25, 0.3) is 0 Å². The zero-order valence-electron chi connectivity index (χ0n) is 10.0. The maximum absolute atomic E-state index is 10.3. The first-order valence-electron chi connectivity index (χ1n) is 5.89. The van der Waals surface area contributed by atoms with Crippen LogP contribution in [-0.2, 0) is 4.74 Å². The van der Waals surface area contributed by atoms with Gasteiger partial charge in [0.25, 0.3) is 0 Å². The largest absolute Gasteiger partial charge is 0.388 e. The van der Waals surface area contributed by atoms with Crippen molar-refractivity contribution in [1.82, 2.24) is 0 Å². The van der Waals surface area contributed by atoms with Gasteiger partial charge in [0.15, 0.2) is 0 Å². The number of ether oxygens (including phenoxy) is 1. The van der Waals surface area contributed by atoms with Crippen molar-refractivity contribution in [3.63, 3.8) is 0 Å². The Bertz CT molecular complexity index is 389. The number of aliphatic hydroxyl groups is 1. The molecule has 0 unspecified atom stereocenters. The van der Waals surface area contributed by atoms with E-state index in [9.17, 15) is 5.11 Å². The number of anilines is 1. The number of rotatable bonds is 3. The van der Waals surface area contributed by atoms with Gasteiger partial charge in [-0.1, -0.05) is 15.9 Å². The Hall–Kier alpha value is -0.580. The van der Waals surface area contributed by atoms with Gasteiger partial charge in [-0.3, -0.25) is 0 Å². The monoisotopic (exact) mass is 299 g/mol. The van der Waals surface area contributed by atoms with Crippen molar-refractivity contribution >= 4 is 21.6 Å². The standard InChI is InChI=1S/C13H18BrNO2/c1-10-8-11(14)2-3-12(10)15-9-13(16)4-6-17-7-5-13/h2-3,8,15-16H,4-7,9H2,1H3. The first kappa shape index (κ1) is 12.9. The second kappa shape index (κ2) is 5.38. The normalized spacial score (nSPS) is 19.0. The summed E-state index contributed by atoms with van der Waals surface area (Å²) in [5.41, 5.74) is 1.63. The van der Waals surface area contributed by atoms with Crippen molar-refractivity contribution < 1.29 is 9.84 Å². The molecule has 0 amide bonds. The van der Waals surface area contributed by atoms with Crippen molar-refractivity contribution in [3.05, 3.63) is 28.2 Å². The van der Waals surface area contributed by atoms with Gasteiger partial charge in [0.1, 0.15) is 0 Å². The van der Waals surface area contributed by atoms with Crippen LogP contribution in [0.2, 0.25) is 0 Å². The number of hydrogen-bond acceptors (Lipinski definition) is 3. The number of hydrogen-bond donors (Lipinski definition) is 2. The molecule has 0 spiro atoms. The van der Waals surface area contributed by atoms with Crippen LogP contribution in [0.15, 0.2) is 22.7 Å². The summed E-state index contributed by atoms with van der Waals surface area (Å²) in [6.45, 7) is 3.94. The molecule has 1 aromatic rings. The van der Waals surface area contributed by atoms with E-state index in [0.29, 0.717) is 32.6 Å². The molecule has 0 bridgehead atoms. The van der Waals surface area contributed by atoms with E-state index < -0.39 is 5.60 Å². The van der Waals surface area contributed by atoms with Crippen molar-refractivity contribution in [2.75, 3.05) is 25.1 Å². The summed E-state index contributed by atoms with van der Waals surface area (Å²) in [5, 5.41) is 13.7. The number of nitrogens with one attached hydrogen (secondary N) is 1. The lowest BCUT2D eigenvalue weighted by atomic mass is 9.94. The van der Waals surface area contributed by atoms with Gasteiger partial charge in [-0.2, -0.15) is 0 Å². The van der Waals surface area contributed by atoms with E-state index in [-0.39, 0.29) is 0 Å². The molecule has 94 valence electrons. The Morgan fingerprint density at radius 3 is 2.76 bits per heavy atom. The highest BCUT2D eigenvalue weighted by atomic mass is 79.9. The second-order valence-corrected chi connectivity index (χ2v) is 5.57. The topological polar surface area (TPSA) is 41.5 Å². The molecule has 0 saturated carbocycles. The van der Waals surface area contributed by atoms with Gasteiger partial charge in [0, 0.05) is 42.8 Å². The van der Waals surface area contributed by atoms with Crippen LogP contribution in [-0.4, -0.2) is 30.5 Å². The molecular formula is C13H18BrNO2. The Labute approximate surface area is 110 Å². The minimum Gasteiger partial charge on any atom is -0.388 e. The van der Waals surface area contributed by atoms with E-state index in [2.05, 4.69) is 34.2 Å². The predicted octanol–water partition coefficient (Wildman–Crippen LogP) is 2.71. The molecule has 1 heterocycles. The van der Waals surface area contributed by atoms with Crippen LogP contribution in [0, 0.1) is 6.92 Å². The molecule has 17 heavy (non-hydrogen) atoms. The number of benzene rings is 1. The van der Waals surface area contributed by atoms with Gasteiger partial charge in [0.05, 0.1) is 5.60 Å². The Kier molecular flexibility index (Phi) is 4.07. The fourth-order valence-electron chi connectivity index (χ4n) is 2.01. The Morgan fingerprint density at radius 1 is 1.41 bits per heavy atom. The van der Waals surface area contributed by atoms with E-state index >= 15 is 0 Å². The van der Waals surface area contributed by atoms with Gasteiger partial charge < -0.3 is 15.2 Å². The maximum Gasteiger partial charge on any atom is 0.0863 e. The molecule has 2 rings (SSSR count). The van der Waals surface area contributed by atoms with Crippen LogP contribution >= 0.6 is 15.9 Å². The molecule has 1 aliphatic rings. The minimum absolute atomic E-state index is 0.582. The molecule has 1 fully saturated rings. The fourth-order valence-corrected chi connectivity index (χ4v) is 2.49. The molecule has 0 aromatic heterocycles. The lowest BCUT2D eigenvalue weighted by molar-refractivity contribution is -0.0543. The van der Waals surface area contributed by atoms with E-state index in [1.54, 1.807) is 0 Å². The average Bonchev–Trinajstić information content (AvgIpc) is 2.29. The maximum atomic E-state index is 10.3. The number of halogens is 1. The minimum atomic E-state index is -0.627. The quantitative estimate of drug-likeness (QED) is 0.902. The van der Waals surface area contributed by atoms with Crippen molar-refractivity contribution in [2.24, 2.45) is 0 Å². The summed E-state index contributed by atoms with van der Waals surface area (Å²) in [5.74, 6) is 0. The first-order chi connectivity index (χ1) is 8.09. The summed E-state index contributed by atoms with van der Waals surface area (Å²) >= 11 is 3.44. The van der Waals surface area contributed by atoms with E-state index in [0.717, 1.165) is 10.2 Å². The Balaban J connectivity index is 1.97. The second-order valence-electron chi connectivity index (χ2n) is 4.65. The van der Waals surface area contributed by atoms with Gasteiger partial charge in [0.2, 0.25) is 0 Å². The highest BCUT2D eigenvalue weighted by molar-refractivity contribution is 9.10. The third kappa shape index (κ3) is 3.44. The van der Waals surface area contributed by atoms with Crippen molar-refractivity contribution in [3.8, 4) is 0 Å². The molecule has 0 atom stereocenters. The highest BCUT2D eigenvalue weighted by Gasteiger charge is 2.29. The molecule has 2 N–H and O–H groups in total. The van der Waals surface area contributed by atoms with Gasteiger partial charge >= 0.3 is 0 Å². The van der Waals surface area contributed by atoms with Gasteiger partial charge in [-0.15, -0.1) is 0 Å². The summed E-state index contributed by atoms with van der Waals surface area (Å²) in [4.78, 5) is 0. The zero-order chi connectivity index (χ0) is 12.3. The molecule has 1 aromatic carbocycles. The van der Waals surface area contributed by atoms with Crippen LogP contribution < -0.4 is 5.32 Å². The summed E-state index contributed by atoms with van der Waals surface area (Å²) in [7, 11) is 0. The van der Waals surface area contributed by atoms with Crippen molar-refractivity contribution in [1.29, 1.82) is 0 Å². The summed E-state index contributed by atoms with van der Waals surface area (Å²) < 4.78 is 6.34.